The Balaban J connectivity index is 2.95. The molecule has 1 rings (SSSR count). The van der Waals surface area contributed by atoms with E-state index in [2.05, 4.69) is 0 Å². The molecule has 0 aromatic heterocycles. The van der Waals surface area contributed by atoms with Crippen molar-refractivity contribution in [2.24, 2.45) is 0 Å². The highest BCUT2D eigenvalue weighted by atomic mass is 35.5. The first-order valence-corrected chi connectivity index (χ1v) is 4.22. The molecule has 0 heterocycles. The summed E-state index contributed by atoms with van der Waals surface area (Å²) >= 11 is 5.64. The van der Waals surface area contributed by atoms with Gasteiger partial charge in [0.2, 0.25) is 0 Å². The molecule has 0 radical (unpaired) electrons. The van der Waals surface area contributed by atoms with Crippen molar-refractivity contribution >= 4 is 17.7 Å². The number of halogens is 1. The molecule has 5 heteroatoms. The van der Waals surface area contributed by atoms with E-state index in [4.69, 9.17) is 16.7 Å². The summed E-state index contributed by atoms with van der Waals surface area (Å²) in [7, 11) is 0. The number of aliphatic hydroxyl groups excluding tert-OH is 1. The minimum atomic E-state index is -0.616. The van der Waals surface area contributed by atoms with Gasteiger partial charge in [-0.1, -0.05) is 23.7 Å². The smallest absolute Gasteiger partial charge is 0.271 e. The number of benzene rings is 1. The summed E-state index contributed by atoms with van der Waals surface area (Å²) in [6.45, 7) is -0.588. The van der Waals surface area contributed by atoms with E-state index in [1.54, 1.807) is 24.3 Å². The summed E-state index contributed by atoms with van der Waals surface area (Å²) < 4.78 is 0. The molecular weight excluding hydrogens is 206 g/mol. The van der Waals surface area contributed by atoms with E-state index in [0.29, 0.717) is 10.6 Å². The van der Waals surface area contributed by atoms with E-state index < -0.39 is 11.5 Å². The predicted molar refractivity (Wildman–Crippen MR) is 53.5 cm³/mol. The molecule has 0 saturated heterocycles. The molecule has 0 spiro atoms. The van der Waals surface area contributed by atoms with Crippen molar-refractivity contribution in [1.82, 2.24) is 0 Å². The van der Waals surface area contributed by atoms with E-state index in [0.717, 1.165) is 0 Å². The van der Waals surface area contributed by atoms with Crippen LogP contribution >= 0.6 is 11.6 Å². The lowest BCUT2D eigenvalue weighted by atomic mass is 10.2. The van der Waals surface area contributed by atoms with Crippen LogP contribution < -0.4 is 0 Å². The van der Waals surface area contributed by atoms with E-state index in [9.17, 15) is 10.1 Å². The Morgan fingerprint density at radius 2 is 2.07 bits per heavy atom. The molecule has 1 aromatic carbocycles. The van der Waals surface area contributed by atoms with Crippen LogP contribution in [0.25, 0.3) is 6.08 Å². The van der Waals surface area contributed by atoms with Crippen molar-refractivity contribution in [2.45, 2.75) is 0 Å². The molecule has 14 heavy (non-hydrogen) atoms. The number of rotatable bonds is 3. The van der Waals surface area contributed by atoms with Gasteiger partial charge in [-0.2, -0.15) is 0 Å². The largest absolute Gasteiger partial charge is 0.385 e. The molecule has 0 saturated carbocycles. The third kappa shape index (κ3) is 2.83. The van der Waals surface area contributed by atoms with Crippen LogP contribution in [0.4, 0.5) is 0 Å². The minimum absolute atomic E-state index is 0.243. The maximum Gasteiger partial charge on any atom is 0.271 e. The third-order valence-electron chi connectivity index (χ3n) is 1.60. The Bertz CT molecular complexity index is 359. The highest BCUT2D eigenvalue weighted by Gasteiger charge is 2.07. The average Bonchev–Trinajstić information content (AvgIpc) is 2.16. The van der Waals surface area contributed by atoms with Gasteiger partial charge >= 0.3 is 0 Å². The highest BCUT2D eigenvalue weighted by molar-refractivity contribution is 6.30. The number of aliphatic hydroxyl groups is 1. The standard InChI is InChI=1S/C9H8ClNO3/c10-8-3-1-7(2-4-8)5-9(6-12)11(13)14/h1-5,12H,6H2/b9-5+. The van der Waals surface area contributed by atoms with Crippen molar-refractivity contribution in [2.75, 3.05) is 6.61 Å². The van der Waals surface area contributed by atoms with E-state index in [-0.39, 0.29) is 5.70 Å². The number of hydrogen-bond donors (Lipinski definition) is 1. The van der Waals surface area contributed by atoms with E-state index in [1.165, 1.54) is 6.08 Å². The number of nitrogens with zero attached hydrogens (tertiary/aromatic N) is 1. The average molecular weight is 214 g/mol. The zero-order valence-electron chi connectivity index (χ0n) is 7.18. The monoisotopic (exact) mass is 213 g/mol. The van der Waals surface area contributed by atoms with Crippen molar-refractivity contribution in [3.8, 4) is 0 Å². The molecule has 0 aliphatic carbocycles. The number of nitro groups is 1. The van der Waals surface area contributed by atoms with Gasteiger partial charge < -0.3 is 5.11 Å². The van der Waals surface area contributed by atoms with Gasteiger partial charge in [0.25, 0.3) is 5.70 Å². The molecule has 0 aliphatic rings. The minimum Gasteiger partial charge on any atom is -0.385 e. The lowest BCUT2D eigenvalue weighted by Crippen LogP contribution is -2.02. The van der Waals surface area contributed by atoms with Crippen molar-refractivity contribution in [1.29, 1.82) is 0 Å². The van der Waals surface area contributed by atoms with Gasteiger partial charge in [0, 0.05) is 11.1 Å². The van der Waals surface area contributed by atoms with Crippen LogP contribution in [0.3, 0.4) is 0 Å². The zero-order chi connectivity index (χ0) is 10.6. The van der Waals surface area contributed by atoms with Gasteiger partial charge in [0.05, 0.1) is 4.92 Å². The topological polar surface area (TPSA) is 63.4 Å². The molecule has 0 bridgehead atoms. The normalized spacial score (nSPS) is 11.4. The summed E-state index contributed by atoms with van der Waals surface area (Å²) in [6, 6.07) is 6.54. The lowest BCUT2D eigenvalue weighted by Gasteiger charge is -1.95. The molecule has 74 valence electrons. The van der Waals surface area contributed by atoms with Crippen molar-refractivity contribution < 1.29 is 10.0 Å². The maximum atomic E-state index is 10.4. The summed E-state index contributed by atoms with van der Waals surface area (Å²) in [5.41, 5.74) is 0.391. The summed E-state index contributed by atoms with van der Waals surface area (Å²) in [4.78, 5) is 9.74. The van der Waals surface area contributed by atoms with E-state index in [1.807, 2.05) is 0 Å². The fraction of sp³-hybridized carbons (Fsp3) is 0.111. The molecule has 0 unspecified atom stereocenters. The second-order valence-electron chi connectivity index (χ2n) is 2.60. The quantitative estimate of drug-likeness (QED) is 0.617. The highest BCUT2D eigenvalue weighted by Crippen LogP contribution is 2.12. The van der Waals surface area contributed by atoms with E-state index >= 15 is 0 Å². The molecule has 1 N–H and O–H groups in total. The molecule has 0 atom stereocenters. The Labute approximate surface area is 85.6 Å². The first kappa shape index (κ1) is 10.7. The van der Waals surface area contributed by atoms with Crippen LogP contribution in [-0.4, -0.2) is 16.6 Å². The second-order valence-corrected chi connectivity index (χ2v) is 3.04. The Hall–Kier alpha value is -1.39. The Morgan fingerprint density at radius 1 is 1.50 bits per heavy atom. The predicted octanol–water partition coefficient (Wildman–Crippen LogP) is 1.95. The van der Waals surface area contributed by atoms with Crippen molar-refractivity contribution in [3.63, 3.8) is 0 Å². The van der Waals surface area contributed by atoms with Gasteiger partial charge in [-0.3, -0.25) is 10.1 Å². The molecule has 0 fully saturated rings. The summed E-state index contributed by atoms with van der Waals surface area (Å²) in [5, 5.41) is 19.6. The molecule has 4 nitrogen and oxygen atoms in total. The fourth-order valence-electron chi connectivity index (χ4n) is 0.907. The summed E-state index contributed by atoms with van der Waals surface area (Å²) in [6.07, 6.45) is 1.30. The molecule has 1 aromatic rings. The SMILES string of the molecule is O=[N+]([O-])/C(=C/c1ccc(Cl)cc1)CO. The zero-order valence-corrected chi connectivity index (χ0v) is 7.94. The lowest BCUT2D eigenvalue weighted by molar-refractivity contribution is -0.428. The molecular formula is C9H8ClNO3. The number of hydrogen-bond acceptors (Lipinski definition) is 3. The molecule has 0 amide bonds. The van der Waals surface area contributed by atoms with Crippen LogP contribution in [0.1, 0.15) is 5.56 Å². The second kappa shape index (κ2) is 4.74. The van der Waals surface area contributed by atoms with Gasteiger partial charge in [-0.05, 0) is 17.7 Å². The van der Waals surface area contributed by atoms with Gasteiger partial charge in [0.15, 0.2) is 0 Å². The van der Waals surface area contributed by atoms with Crippen LogP contribution in [-0.2, 0) is 0 Å². The van der Waals surface area contributed by atoms with Gasteiger partial charge in [0.1, 0.15) is 6.61 Å². The Kier molecular flexibility index (Phi) is 3.62. The van der Waals surface area contributed by atoms with Crippen LogP contribution in [0.15, 0.2) is 30.0 Å². The third-order valence-corrected chi connectivity index (χ3v) is 1.85. The maximum absolute atomic E-state index is 10.4. The summed E-state index contributed by atoms with van der Waals surface area (Å²) in [5.74, 6) is 0. The van der Waals surface area contributed by atoms with Crippen LogP contribution in [0.5, 0.6) is 0 Å². The molecule has 0 aliphatic heterocycles. The van der Waals surface area contributed by atoms with Gasteiger partial charge in [-0.25, -0.2) is 0 Å². The van der Waals surface area contributed by atoms with Crippen LogP contribution in [0, 0.1) is 10.1 Å². The van der Waals surface area contributed by atoms with Crippen LogP contribution in [0.2, 0.25) is 5.02 Å². The Morgan fingerprint density at radius 3 is 2.50 bits per heavy atom. The first-order chi connectivity index (χ1) is 6.63. The van der Waals surface area contributed by atoms with Crippen molar-refractivity contribution in [3.05, 3.63) is 50.7 Å². The van der Waals surface area contributed by atoms with Gasteiger partial charge in [-0.15, -0.1) is 0 Å². The fourth-order valence-corrected chi connectivity index (χ4v) is 1.03. The first-order valence-electron chi connectivity index (χ1n) is 3.85.